The van der Waals surface area contributed by atoms with Gasteiger partial charge in [-0.3, -0.25) is 4.98 Å². The van der Waals surface area contributed by atoms with E-state index in [4.69, 9.17) is 11.6 Å². The van der Waals surface area contributed by atoms with Gasteiger partial charge in [0.25, 0.3) is 6.43 Å². The number of unbranched alkanes of at least 4 members (excludes halogenated alkanes) is 1. The van der Waals surface area contributed by atoms with Crippen LogP contribution in [0, 0.1) is 5.82 Å². The minimum atomic E-state index is -2.64. The lowest BCUT2D eigenvalue weighted by molar-refractivity contribution is 0.146. The van der Waals surface area contributed by atoms with Gasteiger partial charge in [-0.25, -0.2) is 18.2 Å². The molecule has 0 amide bonds. The Kier molecular flexibility index (Phi) is 5.22. The summed E-state index contributed by atoms with van der Waals surface area (Å²) in [7, 11) is 0. The monoisotopic (exact) mass is 317 g/mol. The molecule has 0 aromatic carbocycles. The summed E-state index contributed by atoms with van der Waals surface area (Å²) in [6.07, 6.45) is 2.26. The van der Waals surface area contributed by atoms with Crippen LogP contribution in [-0.2, 0) is 13.0 Å². The molecular weight excluding hydrogens is 303 g/mol. The second kappa shape index (κ2) is 6.93. The van der Waals surface area contributed by atoms with E-state index in [1.54, 1.807) is 0 Å². The van der Waals surface area contributed by atoms with Crippen LogP contribution in [0.3, 0.4) is 0 Å². The van der Waals surface area contributed by atoms with E-state index in [2.05, 4.69) is 9.97 Å². The first-order valence-electron chi connectivity index (χ1n) is 6.65. The predicted molar refractivity (Wildman–Crippen MR) is 74.1 cm³/mol. The molecule has 0 aliphatic carbocycles. The van der Waals surface area contributed by atoms with Crippen LogP contribution in [0.2, 0.25) is 5.02 Å². The quantitative estimate of drug-likeness (QED) is 0.790. The second-order valence-electron chi connectivity index (χ2n) is 4.70. The van der Waals surface area contributed by atoms with Crippen molar-refractivity contribution in [2.75, 3.05) is 0 Å². The third kappa shape index (κ3) is 3.97. The molecule has 2 aromatic heterocycles. The topological polar surface area (TPSA) is 30.7 Å². The van der Waals surface area contributed by atoms with Gasteiger partial charge in [0, 0.05) is 18.8 Å². The van der Waals surface area contributed by atoms with Gasteiger partial charge >= 0.3 is 0 Å². The predicted octanol–water partition coefficient (Wildman–Crippen LogP) is 4.40. The second-order valence-corrected chi connectivity index (χ2v) is 5.13. The van der Waals surface area contributed by atoms with Gasteiger partial charge in [0.1, 0.15) is 17.3 Å². The van der Waals surface area contributed by atoms with Gasteiger partial charge in [-0.15, -0.1) is 0 Å². The molecule has 0 bridgehead atoms. The van der Waals surface area contributed by atoms with E-state index in [0.717, 1.165) is 18.9 Å². The summed E-state index contributed by atoms with van der Waals surface area (Å²) < 4.78 is 40.8. The Balaban J connectivity index is 2.28. The maximum Gasteiger partial charge on any atom is 0.281 e. The Bertz CT molecular complexity index is 614. The highest BCUT2D eigenvalue weighted by molar-refractivity contribution is 6.30. The molecule has 0 fully saturated rings. The first-order chi connectivity index (χ1) is 10.0. The molecule has 0 saturated heterocycles. The van der Waals surface area contributed by atoms with Crippen molar-refractivity contribution in [1.82, 2.24) is 14.5 Å². The van der Waals surface area contributed by atoms with Crippen molar-refractivity contribution in [2.24, 2.45) is 0 Å². The van der Waals surface area contributed by atoms with E-state index in [0.29, 0.717) is 12.2 Å². The molecular formula is C14H15ClF3N3. The molecule has 21 heavy (non-hydrogen) atoms. The molecule has 0 N–H and O–H groups in total. The zero-order valence-corrected chi connectivity index (χ0v) is 12.2. The van der Waals surface area contributed by atoms with Crippen LogP contribution < -0.4 is 0 Å². The first-order valence-corrected chi connectivity index (χ1v) is 7.03. The van der Waals surface area contributed by atoms with Crippen LogP contribution in [0.15, 0.2) is 18.5 Å². The number of aromatic nitrogens is 3. The maximum atomic E-state index is 13.8. The smallest absolute Gasteiger partial charge is 0.281 e. The molecule has 7 heteroatoms. The molecule has 0 spiro atoms. The molecule has 2 rings (SSSR count). The lowest BCUT2D eigenvalue weighted by atomic mass is 10.2. The average Bonchev–Trinajstić information content (AvgIpc) is 2.83. The normalized spacial score (nSPS) is 11.3. The Labute approximate surface area is 125 Å². The Hall–Kier alpha value is -1.56. The van der Waals surface area contributed by atoms with Crippen molar-refractivity contribution in [3.8, 4) is 0 Å². The van der Waals surface area contributed by atoms with Gasteiger partial charge in [-0.1, -0.05) is 24.9 Å². The molecule has 114 valence electrons. The molecule has 0 radical (unpaired) electrons. The summed E-state index contributed by atoms with van der Waals surface area (Å²) in [5.41, 5.74) is -0.147. The number of imidazole rings is 1. The van der Waals surface area contributed by atoms with Crippen LogP contribution in [0.5, 0.6) is 0 Å². The van der Waals surface area contributed by atoms with Gasteiger partial charge in [0.15, 0.2) is 0 Å². The molecule has 0 aliphatic rings. The number of hydrogen-bond donors (Lipinski definition) is 0. The number of aryl methyl sites for hydroxylation is 1. The van der Waals surface area contributed by atoms with Crippen LogP contribution in [0.4, 0.5) is 13.2 Å². The fourth-order valence-electron chi connectivity index (χ4n) is 1.97. The zero-order valence-electron chi connectivity index (χ0n) is 11.5. The molecule has 0 saturated carbocycles. The summed E-state index contributed by atoms with van der Waals surface area (Å²) in [6.45, 7) is 2.06. The van der Waals surface area contributed by atoms with Crippen LogP contribution >= 0.6 is 11.6 Å². The number of rotatable bonds is 6. The third-order valence-corrected chi connectivity index (χ3v) is 3.27. The molecule has 2 heterocycles. The van der Waals surface area contributed by atoms with Crippen molar-refractivity contribution >= 4 is 11.6 Å². The SMILES string of the molecule is CCCCc1nc(C(F)F)cn1Cc1ncc(Cl)cc1F. The van der Waals surface area contributed by atoms with E-state index in [1.165, 1.54) is 17.0 Å². The largest absolute Gasteiger partial charge is 0.328 e. The van der Waals surface area contributed by atoms with Crippen LogP contribution in [0.25, 0.3) is 0 Å². The van der Waals surface area contributed by atoms with E-state index >= 15 is 0 Å². The number of hydrogen-bond acceptors (Lipinski definition) is 2. The summed E-state index contributed by atoms with van der Waals surface area (Å²) in [5, 5.41) is 0.196. The molecule has 2 aromatic rings. The molecule has 3 nitrogen and oxygen atoms in total. The van der Waals surface area contributed by atoms with Crippen molar-refractivity contribution in [3.05, 3.63) is 46.5 Å². The minimum Gasteiger partial charge on any atom is -0.328 e. The zero-order chi connectivity index (χ0) is 15.4. The van der Waals surface area contributed by atoms with Crippen molar-refractivity contribution in [3.63, 3.8) is 0 Å². The molecule has 0 aliphatic heterocycles. The summed E-state index contributed by atoms with van der Waals surface area (Å²) in [6, 6.07) is 1.15. The van der Waals surface area contributed by atoms with Gasteiger partial charge in [-0.05, 0) is 12.5 Å². The van der Waals surface area contributed by atoms with E-state index in [1.807, 2.05) is 6.92 Å². The van der Waals surface area contributed by atoms with Gasteiger partial charge in [0.05, 0.1) is 17.3 Å². The highest BCUT2D eigenvalue weighted by atomic mass is 35.5. The number of nitrogens with zero attached hydrogens (tertiary/aromatic N) is 3. The number of alkyl halides is 2. The van der Waals surface area contributed by atoms with Crippen LogP contribution in [-0.4, -0.2) is 14.5 Å². The fraction of sp³-hybridized carbons (Fsp3) is 0.429. The van der Waals surface area contributed by atoms with Crippen molar-refractivity contribution < 1.29 is 13.2 Å². The average molecular weight is 318 g/mol. The summed E-state index contributed by atoms with van der Waals surface area (Å²) in [4.78, 5) is 7.83. The Morgan fingerprint density at radius 1 is 1.38 bits per heavy atom. The minimum absolute atomic E-state index is 0.0573. The Morgan fingerprint density at radius 2 is 2.14 bits per heavy atom. The van der Waals surface area contributed by atoms with Gasteiger partial charge in [-0.2, -0.15) is 0 Å². The van der Waals surface area contributed by atoms with Crippen molar-refractivity contribution in [1.29, 1.82) is 0 Å². The first kappa shape index (κ1) is 15.8. The van der Waals surface area contributed by atoms with Gasteiger partial charge < -0.3 is 4.57 Å². The van der Waals surface area contributed by atoms with Crippen molar-refractivity contribution in [2.45, 2.75) is 39.2 Å². The van der Waals surface area contributed by atoms with Gasteiger partial charge in [0.2, 0.25) is 0 Å². The lowest BCUT2D eigenvalue weighted by Crippen LogP contribution is -2.07. The molecule has 0 unspecified atom stereocenters. The third-order valence-electron chi connectivity index (χ3n) is 3.06. The van der Waals surface area contributed by atoms with Crippen LogP contribution in [0.1, 0.15) is 43.4 Å². The number of pyridine rings is 1. The Morgan fingerprint density at radius 3 is 2.76 bits per heavy atom. The standard InChI is InChI=1S/C14H15ClF3N3/c1-2-3-4-13-20-12(14(17)18)8-21(13)7-11-10(16)5-9(15)6-19-11/h5-6,8,14H,2-4,7H2,1H3. The summed E-state index contributed by atoms with van der Waals surface area (Å²) >= 11 is 5.64. The maximum absolute atomic E-state index is 13.8. The fourth-order valence-corrected chi connectivity index (χ4v) is 2.12. The highest BCUT2D eigenvalue weighted by Crippen LogP contribution is 2.20. The highest BCUT2D eigenvalue weighted by Gasteiger charge is 2.16. The number of halogens is 4. The lowest BCUT2D eigenvalue weighted by Gasteiger charge is -2.08. The van der Waals surface area contributed by atoms with E-state index < -0.39 is 12.2 Å². The molecule has 0 atom stereocenters. The van der Waals surface area contributed by atoms with E-state index in [-0.39, 0.29) is 23.0 Å². The van der Waals surface area contributed by atoms with E-state index in [9.17, 15) is 13.2 Å². The summed E-state index contributed by atoms with van der Waals surface area (Å²) in [5.74, 6) is -0.0421.